The summed E-state index contributed by atoms with van der Waals surface area (Å²) in [6.07, 6.45) is 0. The van der Waals surface area contributed by atoms with Gasteiger partial charge in [0.1, 0.15) is 11.3 Å². The SMILES string of the molecule is c1ccc2cc(-c3ccc(-c4ccc(N(c5ccc(-c6ccc(-c7cc8ccccc8c8ccccc78)cc6)cc5)c5ccc(-c6cc7ccccc7o6)cc5)cc4)cc3)ccc2c1. The summed E-state index contributed by atoms with van der Waals surface area (Å²) >= 11 is 0. The van der Waals surface area contributed by atoms with E-state index < -0.39 is 0 Å². The Balaban J connectivity index is 0.857. The van der Waals surface area contributed by atoms with Gasteiger partial charge in [0.05, 0.1) is 0 Å². The summed E-state index contributed by atoms with van der Waals surface area (Å²) in [5.74, 6) is 0.861. The summed E-state index contributed by atoms with van der Waals surface area (Å²) in [6.45, 7) is 0. The smallest absolute Gasteiger partial charge is 0.135 e. The second-order valence-electron chi connectivity index (χ2n) is 16.5. The fourth-order valence-electron chi connectivity index (χ4n) is 9.31. The number of furan rings is 1. The van der Waals surface area contributed by atoms with E-state index in [4.69, 9.17) is 4.42 Å². The minimum absolute atomic E-state index is 0.861. The van der Waals surface area contributed by atoms with Crippen molar-refractivity contribution in [3.05, 3.63) is 249 Å². The van der Waals surface area contributed by atoms with Crippen LogP contribution in [0, 0.1) is 0 Å². The highest BCUT2D eigenvalue weighted by Crippen LogP contribution is 2.40. The summed E-state index contributed by atoms with van der Waals surface area (Å²) in [5, 5.41) is 8.70. The molecule has 11 aromatic carbocycles. The van der Waals surface area contributed by atoms with E-state index >= 15 is 0 Å². The second-order valence-corrected chi connectivity index (χ2v) is 16.5. The highest BCUT2D eigenvalue weighted by Gasteiger charge is 2.16. The van der Waals surface area contributed by atoms with Crippen molar-refractivity contribution in [2.24, 2.45) is 0 Å². The van der Waals surface area contributed by atoms with Crippen molar-refractivity contribution < 1.29 is 4.42 Å². The van der Waals surface area contributed by atoms with Crippen molar-refractivity contribution in [1.82, 2.24) is 0 Å². The van der Waals surface area contributed by atoms with Crippen LogP contribution in [0.4, 0.5) is 17.1 Å². The topological polar surface area (TPSA) is 16.4 Å². The molecule has 0 amide bonds. The third-order valence-electron chi connectivity index (χ3n) is 12.7. The highest BCUT2D eigenvalue weighted by molar-refractivity contribution is 6.13. The van der Waals surface area contributed by atoms with E-state index in [0.29, 0.717) is 0 Å². The zero-order valence-corrected chi connectivity index (χ0v) is 35.0. The molecular weight excluding hydrogens is 775 g/mol. The van der Waals surface area contributed by atoms with E-state index in [0.717, 1.165) is 39.4 Å². The van der Waals surface area contributed by atoms with E-state index in [1.807, 2.05) is 18.2 Å². The van der Waals surface area contributed by atoms with Gasteiger partial charge in [0.2, 0.25) is 0 Å². The molecule has 2 nitrogen and oxygen atoms in total. The minimum Gasteiger partial charge on any atom is -0.456 e. The lowest BCUT2D eigenvalue weighted by atomic mass is 9.92. The number of rotatable bonds is 8. The van der Waals surface area contributed by atoms with Gasteiger partial charge in [-0.1, -0.05) is 176 Å². The van der Waals surface area contributed by atoms with E-state index in [1.165, 1.54) is 76.8 Å². The van der Waals surface area contributed by atoms with E-state index in [9.17, 15) is 0 Å². The molecule has 0 aliphatic carbocycles. The largest absolute Gasteiger partial charge is 0.456 e. The number of benzene rings is 11. The van der Waals surface area contributed by atoms with Crippen LogP contribution in [0.5, 0.6) is 0 Å². The molecule has 0 saturated carbocycles. The fraction of sp³-hybridized carbons (Fsp3) is 0. The van der Waals surface area contributed by atoms with Crippen LogP contribution < -0.4 is 4.90 Å². The Kier molecular flexibility index (Phi) is 9.20. The number of hydrogen-bond acceptors (Lipinski definition) is 2. The predicted molar refractivity (Wildman–Crippen MR) is 271 cm³/mol. The number of nitrogens with zero attached hydrogens (tertiary/aromatic N) is 1. The van der Waals surface area contributed by atoms with Crippen molar-refractivity contribution in [3.8, 4) is 55.8 Å². The molecule has 0 fully saturated rings. The van der Waals surface area contributed by atoms with Crippen LogP contribution in [-0.4, -0.2) is 0 Å². The molecule has 0 atom stereocenters. The summed E-state index contributed by atoms with van der Waals surface area (Å²) in [6, 6.07) is 89.6. The van der Waals surface area contributed by atoms with Gasteiger partial charge in [-0.15, -0.1) is 0 Å². The van der Waals surface area contributed by atoms with Crippen LogP contribution in [-0.2, 0) is 0 Å². The molecule has 1 aromatic heterocycles. The Hall–Kier alpha value is -8.46. The van der Waals surface area contributed by atoms with Gasteiger partial charge in [-0.2, -0.15) is 0 Å². The monoisotopic (exact) mass is 815 g/mol. The second kappa shape index (κ2) is 15.8. The first-order valence-electron chi connectivity index (χ1n) is 21.9. The van der Waals surface area contributed by atoms with Gasteiger partial charge >= 0.3 is 0 Å². The molecule has 0 saturated heterocycles. The molecule has 0 spiro atoms. The van der Waals surface area contributed by atoms with Crippen LogP contribution in [0.15, 0.2) is 253 Å². The molecule has 0 unspecified atom stereocenters. The van der Waals surface area contributed by atoms with Crippen LogP contribution in [0.3, 0.4) is 0 Å². The Morgan fingerprint density at radius 3 is 1.27 bits per heavy atom. The maximum atomic E-state index is 6.24. The lowest BCUT2D eigenvalue weighted by Crippen LogP contribution is -2.09. The first-order valence-corrected chi connectivity index (χ1v) is 21.9. The van der Waals surface area contributed by atoms with Gasteiger partial charge in [-0.25, -0.2) is 0 Å². The van der Waals surface area contributed by atoms with Crippen molar-refractivity contribution >= 4 is 60.3 Å². The average molecular weight is 816 g/mol. The molecule has 2 heteroatoms. The van der Waals surface area contributed by atoms with Crippen molar-refractivity contribution in [2.45, 2.75) is 0 Å². The van der Waals surface area contributed by atoms with Gasteiger partial charge in [0.15, 0.2) is 0 Å². The number of para-hydroxylation sites is 1. The molecule has 64 heavy (non-hydrogen) atoms. The van der Waals surface area contributed by atoms with Crippen LogP contribution in [0.25, 0.3) is 99.1 Å². The molecule has 0 bridgehead atoms. The molecule has 0 aliphatic heterocycles. The average Bonchev–Trinajstić information content (AvgIpc) is 3.82. The summed E-state index contributed by atoms with van der Waals surface area (Å²) in [4.78, 5) is 2.33. The van der Waals surface area contributed by atoms with Crippen molar-refractivity contribution in [3.63, 3.8) is 0 Å². The first kappa shape index (κ1) is 37.3. The zero-order chi connectivity index (χ0) is 42.4. The maximum Gasteiger partial charge on any atom is 0.135 e. The van der Waals surface area contributed by atoms with Crippen LogP contribution in [0.2, 0.25) is 0 Å². The van der Waals surface area contributed by atoms with Crippen LogP contribution >= 0.6 is 0 Å². The highest BCUT2D eigenvalue weighted by atomic mass is 16.3. The lowest BCUT2D eigenvalue weighted by Gasteiger charge is -2.26. The van der Waals surface area contributed by atoms with Gasteiger partial charge in [0, 0.05) is 28.0 Å². The summed E-state index contributed by atoms with van der Waals surface area (Å²) in [7, 11) is 0. The van der Waals surface area contributed by atoms with Gasteiger partial charge < -0.3 is 9.32 Å². The standard InChI is InChI=1S/C62H41NO/c1-2-10-50-39-51(26-23-42(50)9-1)47-19-17-43(18-20-47)45-27-33-54(34-28-45)63(56-37-31-49(32-38-56)62-41-53-12-4-8-16-61(53)64-62)55-35-29-46(30-36-55)44-21-24-48(25-22-44)60-40-52-11-3-5-13-57(52)58-14-6-7-15-59(58)60/h1-41H. The lowest BCUT2D eigenvalue weighted by molar-refractivity contribution is 0.631. The quantitative estimate of drug-likeness (QED) is 0.142. The van der Waals surface area contributed by atoms with Gasteiger partial charge in [0.25, 0.3) is 0 Å². The molecule has 300 valence electrons. The molecule has 12 aromatic rings. The number of anilines is 3. The summed E-state index contributed by atoms with van der Waals surface area (Å²) in [5.41, 5.74) is 14.7. The Bertz CT molecular complexity index is 3590. The Morgan fingerprint density at radius 2 is 0.672 bits per heavy atom. The molecule has 1 heterocycles. The molecule has 0 aliphatic rings. The Morgan fingerprint density at radius 1 is 0.250 bits per heavy atom. The van der Waals surface area contributed by atoms with E-state index in [2.05, 4.69) is 235 Å². The van der Waals surface area contributed by atoms with E-state index in [1.54, 1.807) is 0 Å². The fourth-order valence-corrected chi connectivity index (χ4v) is 9.31. The third-order valence-corrected chi connectivity index (χ3v) is 12.7. The number of fused-ring (bicyclic) bond motifs is 5. The Labute approximate surface area is 372 Å². The first-order chi connectivity index (χ1) is 31.7. The molecule has 0 radical (unpaired) electrons. The third kappa shape index (κ3) is 6.88. The van der Waals surface area contributed by atoms with Gasteiger partial charge in [-0.3, -0.25) is 0 Å². The van der Waals surface area contributed by atoms with Crippen molar-refractivity contribution in [1.29, 1.82) is 0 Å². The predicted octanol–water partition coefficient (Wildman–Crippen LogP) is 17.7. The molecular formula is C62H41NO. The summed E-state index contributed by atoms with van der Waals surface area (Å²) < 4.78 is 6.24. The van der Waals surface area contributed by atoms with Crippen molar-refractivity contribution in [2.75, 3.05) is 4.90 Å². The van der Waals surface area contributed by atoms with Crippen LogP contribution in [0.1, 0.15) is 0 Å². The minimum atomic E-state index is 0.861. The molecule has 12 rings (SSSR count). The number of hydrogen-bond donors (Lipinski definition) is 0. The maximum absolute atomic E-state index is 6.24. The van der Waals surface area contributed by atoms with E-state index in [-0.39, 0.29) is 0 Å². The molecule has 0 N–H and O–H groups in total. The van der Waals surface area contributed by atoms with Gasteiger partial charge in [-0.05, 0) is 150 Å². The normalized spacial score (nSPS) is 11.4. The zero-order valence-electron chi connectivity index (χ0n) is 35.0.